The summed E-state index contributed by atoms with van der Waals surface area (Å²) in [5.74, 6) is 1.79. The van der Waals surface area contributed by atoms with Gasteiger partial charge in [0.15, 0.2) is 5.96 Å². The van der Waals surface area contributed by atoms with Crippen molar-refractivity contribution in [2.75, 3.05) is 19.6 Å². The van der Waals surface area contributed by atoms with Crippen LogP contribution < -0.4 is 16.0 Å². The Balaban J connectivity index is 2.42. The Morgan fingerprint density at radius 3 is 2.50 bits per heavy atom. The minimum atomic E-state index is -0.519. The number of rotatable bonds is 9. The number of amides is 1. The van der Waals surface area contributed by atoms with E-state index in [2.05, 4.69) is 30.5 Å². The Labute approximate surface area is 169 Å². The third kappa shape index (κ3) is 10.2. The van der Waals surface area contributed by atoms with Crippen LogP contribution in [0.2, 0.25) is 0 Å². The number of aryl methyl sites for hydroxylation is 2. The summed E-state index contributed by atoms with van der Waals surface area (Å²) in [6, 6.07) is 0. The molecule has 3 N–H and O–H groups in total. The normalized spacial score (nSPS) is 12.6. The van der Waals surface area contributed by atoms with Gasteiger partial charge < -0.3 is 25.3 Å². The van der Waals surface area contributed by atoms with Crippen molar-refractivity contribution in [3.8, 4) is 0 Å². The molecular weight excluding hydrogens is 356 g/mol. The number of aromatic nitrogens is 2. The zero-order valence-corrected chi connectivity index (χ0v) is 18.6. The van der Waals surface area contributed by atoms with Crippen molar-refractivity contribution in [2.24, 2.45) is 4.99 Å². The van der Waals surface area contributed by atoms with Gasteiger partial charge in [0, 0.05) is 32.0 Å². The summed E-state index contributed by atoms with van der Waals surface area (Å²) in [4.78, 5) is 20.8. The number of unbranched alkanes of at least 4 members (excludes halogenated alkanes) is 1. The van der Waals surface area contributed by atoms with Gasteiger partial charge in [-0.1, -0.05) is 0 Å². The summed E-state index contributed by atoms with van der Waals surface area (Å²) in [5.41, 5.74) is -1.03. The summed E-state index contributed by atoms with van der Waals surface area (Å²) < 4.78 is 7.48. The van der Waals surface area contributed by atoms with E-state index in [1.54, 1.807) is 0 Å². The van der Waals surface area contributed by atoms with Gasteiger partial charge in [0.25, 0.3) is 0 Å². The molecule has 0 atom stereocenters. The van der Waals surface area contributed by atoms with E-state index < -0.39 is 17.2 Å². The zero-order valence-electron chi connectivity index (χ0n) is 18.6. The third-order valence-electron chi connectivity index (χ3n) is 3.86. The van der Waals surface area contributed by atoms with Crippen molar-refractivity contribution in [3.63, 3.8) is 0 Å². The smallest absolute Gasteiger partial charge is 0.408 e. The van der Waals surface area contributed by atoms with Crippen LogP contribution in [0.4, 0.5) is 4.79 Å². The highest BCUT2D eigenvalue weighted by Crippen LogP contribution is 2.09. The summed E-state index contributed by atoms with van der Waals surface area (Å²) in [7, 11) is 0. The maximum absolute atomic E-state index is 12.0. The second-order valence-corrected chi connectivity index (χ2v) is 8.51. The second-order valence-electron chi connectivity index (χ2n) is 8.51. The van der Waals surface area contributed by atoms with Gasteiger partial charge in [0.1, 0.15) is 11.4 Å². The van der Waals surface area contributed by atoms with Gasteiger partial charge in [-0.2, -0.15) is 0 Å². The van der Waals surface area contributed by atoms with Crippen LogP contribution in [0.5, 0.6) is 0 Å². The monoisotopic (exact) mass is 394 g/mol. The molecule has 8 heteroatoms. The molecule has 0 spiro atoms. The first-order valence-corrected chi connectivity index (χ1v) is 10.0. The van der Waals surface area contributed by atoms with Crippen molar-refractivity contribution in [1.29, 1.82) is 0 Å². The molecule has 0 aromatic carbocycles. The number of aliphatic imine (C=N–C) groups is 1. The Morgan fingerprint density at radius 1 is 1.21 bits per heavy atom. The lowest BCUT2D eigenvalue weighted by Crippen LogP contribution is -2.49. The van der Waals surface area contributed by atoms with Crippen LogP contribution in [0, 0.1) is 6.92 Å². The standard InChI is InChI=1S/C20H38N6O2/c1-8-21-17(23-11-9-10-13-26-14-12-22-16(26)2)24-15-20(6,7)25-18(27)28-19(3,4)5/h12,14H,8-11,13,15H2,1-7H3,(H,25,27)(H2,21,23,24). The quantitative estimate of drug-likeness (QED) is 0.340. The number of ether oxygens (including phenoxy) is 1. The molecule has 1 rings (SSSR count). The maximum Gasteiger partial charge on any atom is 0.408 e. The maximum atomic E-state index is 12.0. The highest BCUT2D eigenvalue weighted by atomic mass is 16.6. The Kier molecular flexibility index (Phi) is 9.28. The molecule has 0 unspecified atom stereocenters. The molecule has 0 radical (unpaired) electrons. The molecule has 0 aliphatic rings. The van der Waals surface area contributed by atoms with Crippen LogP contribution >= 0.6 is 0 Å². The largest absolute Gasteiger partial charge is 0.444 e. The summed E-state index contributed by atoms with van der Waals surface area (Å²) in [5, 5.41) is 9.46. The SMILES string of the molecule is CCNC(=NCC(C)(C)NC(=O)OC(C)(C)C)NCCCCn1ccnc1C. The van der Waals surface area contributed by atoms with Crippen LogP contribution in [-0.2, 0) is 11.3 Å². The van der Waals surface area contributed by atoms with Crippen LogP contribution in [0.1, 0.15) is 60.2 Å². The number of nitrogens with zero attached hydrogens (tertiary/aromatic N) is 3. The van der Waals surface area contributed by atoms with E-state index in [9.17, 15) is 4.79 Å². The Morgan fingerprint density at radius 2 is 1.93 bits per heavy atom. The molecule has 1 aromatic heterocycles. The highest BCUT2D eigenvalue weighted by molar-refractivity contribution is 5.79. The molecule has 160 valence electrons. The van der Waals surface area contributed by atoms with Crippen LogP contribution in [0.15, 0.2) is 17.4 Å². The van der Waals surface area contributed by atoms with Crippen molar-refractivity contribution in [3.05, 3.63) is 18.2 Å². The minimum absolute atomic E-state index is 0.430. The fraction of sp³-hybridized carbons (Fsp3) is 0.750. The van der Waals surface area contributed by atoms with Crippen molar-refractivity contribution >= 4 is 12.1 Å². The molecule has 1 heterocycles. The van der Waals surface area contributed by atoms with Crippen LogP contribution in [-0.4, -0.2) is 52.4 Å². The lowest BCUT2D eigenvalue weighted by Gasteiger charge is -2.27. The van der Waals surface area contributed by atoms with Gasteiger partial charge in [-0.25, -0.2) is 9.78 Å². The molecule has 0 saturated carbocycles. The first-order valence-electron chi connectivity index (χ1n) is 10.0. The predicted molar refractivity (Wildman–Crippen MR) is 114 cm³/mol. The van der Waals surface area contributed by atoms with Gasteiger partial charge in [0.2, 0.25) is 0 Å². The summed E-state index contributed by atoms with van der Waals surface area (Å²) in [6.07, 6.45) is 5.50. The van der Waals surface area contributed by atoms with E-state index in [4.69, 9.17) is 4.74 Å². The number of alkyl carbamates (subject to hydrolysis) is 1. The fourth-order valence-electron chi connectivity index (χ4n) is 2.49. The number of nitrogens with one attached hydrogen (secondary N) is 3. The molecule has 8 nitrogen and oxygen atoms in total. The first-order chi connectivity index (χ1) is 13.0. The molecule has 0 aliphatic carbocycles. The predicted octanol–water partition coefficient (Wildman–Crippen LogP) is 2.83. The molecular formula is C20H38N6O2. The average Bonchev–Trinajstić information content (AvgIpc) is 2.95. The number of imidazole rings is 1. The van der Waals surface area contributed by atoms with E-state index >= 15 is 0 Å². The van der Waals surface area contributed by atoms with Gasteiger partial charge in [0.05, 0.1) is 12.1 Å². The van der Waals surface area contributed by atoms with Gasteiger partial charge in [-0.05, 0) is 61.3 Å². The topological polar surface area (TPSA) is 92.6 Å². The second kappa shape index (κ2) is 10.9. The van der Waals surface area contributed by atoms with E-state index in [0.717, 1.165) is 44.3 Å². The average molecular weight is 395 g/mol. The summed E-state index contributed by atoms with van der Waals surface area (Å²) in [6.45, 7) is 16.5. The highest BCUT2D eigenvalue weighted by Gasteiger charge is 2.24. The Bertz CT molecular complexity index is 631. The van der Waals surface area contributed by atoms with E-state index in [1.807, 2.05) is 60.9 Å². The lowest BCUT2D eigenvalue weighted by atomic mass is 10.1. The molecule has 0 fully saturated rings. The summed E-state index contributed by atoms with van der Waals surface area (Å²) >= 11 is 0. The lowest BCUT2D eigenvalue weighted by molar-refractivity contribution is 0.0476. The van der Waals surface area contributed by atoms with Gasteiger partial charge in [-0.15, -0.1) is 0 Å². The first kappa shape index (κ1) is 23.8. The Hall–Kier alpha value is -2.25. The number of carbonyl (C=O) groups excluding carboxylic acids is 1. The van der Waals surface area contributed by atoms with E-state index in [-0.39, 0.29) is 0 Å². The van der Waals surface area contributed by atoms with Crippen LogP contribution in [0.3, 0.4) is 0 Å². The number of hydrogen-bond donors (Lipinski definition) is 3. The molecule has 0 bridgehead atoms. The minimum Gasteiger partial charge on any atom is -0.444 e. The molecule has 1 amide bonds. The van der Waals surface area contributed by atoms with Gasteiger partial charge in [-0.3, -0.25) is 4.99 Å². The zero-order chi connectivity index (χ0) is 21.2. The fourth-order valence-corrected chi connectivity index (χ4v) is 2.49. The van der Waals surface area contributed by atoms with Crippen molar-refractivity contribution in [2.45, 2.75) is 79.0 Å². The van der Waals surface area contributed by atoms with E-state index in [1.165, 1.54) is 0 Å². The van der Waals surface area contributed by atoms with Crippen molar-refractivity contribution in [1.82, 2.24) is 25.5 Å². The molecule has 1 aromatic rings. The van der Waals surface area contributed by atoms with Crippen LogP contribution in [0.25, 0.3) is 0 Å². The number of hydrogen-bond acceptors (Lipinski definition) is 4. The third-order valence-corrected chi connectivity index (χ3v) is 3.86. The van der Waals surface area contributed by atoms with Crippen molar-refractivity contribution < 1.29 is 9.53 Å². The van der Waals surface area contributed by atoms with Gasteiger partial charge >= 0.3 is 6.09 Å². The number of guanidine groups is 1. The molecule has 0 aliphatic heterocycles. The number of carbonyl (C=O) groups is 1. The van der Waals surface area contributed by atoms with E-state index in [0.29, 0.717) is 6.54 Å². The molecule has 0 saturated heterocycles. The molecule has 28 heavy (non-hydrogen) atoms.